The fraction of sp³-hybridized carbons (Fsp3) is 0.269. The second-order valence-electron chi connectivity index (χ2n) is 8.59. The zero-order chi connectivity index (χ0) is 23.2. The van der Waals surface area contributed by atoms with Crippen molar-refractivity contribution in [3.05, 3.63) is 89.0 Å². The number of ether oxygens (including phenoxy) is 1. The maximum Gasteiger partial charge on any atom is 0.243 e. The number of nitrogens with zero attached hydrogens (tertiary/aromatic N) is 2. The SMILES string of the molecule is Cc1ccc(S(=O)(=O)N2CCN(C(=O)C3c4ccccc4Oc4ccccc43)CC2)cc1C. The van der Waals surface area contributed by atoms with Gasteiger partial charge in [-0.3, -0.25) is 4.79 Å². The van der Waals surface area contributed by atoms with Crippen molar-refractivity contribution in [1.82, 2.24) is 9.21 Å². The third kappa shape index (κ3) is 3.81. The molecule has 170 valence electrons. The molecule has 1 amide bonds. The average Bonchev–Trinajstić information content (AvgIpc) is 2.83. The fourth-order valence-corrected chi connectivity index (χ4v) is 6.04. The van der Waals surface area contributed by atoms with E-state index in [1.165, 1.54) is 4.31 Å². The molecular formula is C26H26N2O4S. The van der Waals surface area contributed by atoms with Gasteiger partial charge in [0.05, 0.1) is 10.8 Å². The van der Waals surface area contributed by atoms with E-state index >= 15 is 0 Å². The lowest BCUT2D eigenvalue weighted by molar-refractivity contribution is -0.133. The molecule has 33 heavy (non-hydrogen) atoms. The molecule has 3 aromatic carbocycles. The summed E-state index contributed by atoms with van der Waals surface area (Å²) in [5, 5.41) is 0. The van der Waals surface area contributed by atoms with Crippen LogP contribution in [0.1, 0.15) is 28.2 Å². The van der Waals surface area contributed by atoms with E-state index in [0.717, 1.165) is 22.3 Å². The summed E-state index contributed by atoms with van der Waals surface area (Å²) in [5.41, 5.74) is 3.68. The molecule has 0 saturated carbocycles. The summed E-state index contributed by atoms with van der Waals surface area (Å²) < 4.78 is 33.8. The summed E-state index contributed by atoms with van der Waals surface area (Å²) in [6, 6.07) is 20.4. The highest BCUT2D eigenvalue weighted by atomic mass is 32.2. The minimum Gasteiger partial charge on any atom is -0.457 e. The smallest absolute Gasteiger partial charge is 0.243 e. The molecule has 0 N–H and O–H groups in total. The Labute approximate surface area is 194 Å². The number of aryl methyl sites for hydroxylation is 2. The number of piperazine rings is 1. The molecule has 5 rings (SSSR count). The summed E-state index contributed by atoms with van der Waals surface area (Å²) in [7, 11) is -3.60. The Kier molecular flexibility index (Phi) is 5.46. The second-order valence-corrected chi connectivity index (χ2v) is 10.5. The third-order valence-corrected chi connectivity index (χ3v) is 8.49. The molecule has 0 aliphatic carbocycles. The van der Waals surface area contributed by atoms with E-state index in [2.05, 4.69) is 0 Å². The Balaban J connectivity index is 1.37. The molecule has 2 aliphatic rings. The Morgan fingerprint density at radius 3 is 1.97 bits per heavy atom. The van der Waals surface area contributed by atoms with Gasteiger partial charge in [0.1, 0.15) is 11.5 Å². The van der Waals surface area contributed by atoms with Gasteiger partial charge in [0.15, 0.2) is 0 Å². The van der Waals surface area contributed by atoms with Crippen molar-refractivity contribution in [2.75, 3.05) is 26.2 Å². The number of hydrogen-bond donors (Lipinski definition) is 0. The van der Waals surface area contributed by atoms with Crippen LogP contribution in [0.3, 0.4) is 0 Å². The highest BCUT2D eigenvalue weighted by Crippen LogP contribution is 2.44. The van der Waals surface area contributed by atoms with Gasteiger partial charge >= 0.3 is 0 Å². The van der Waals surface area contributed by atoms with Crippen LogP contribution in [0.4, 0.5) is 0 Å². The number of hydrogen-bond acceptors (Lipinski definition) is 4. The van der Waals surface area contributed by atoms with Gasteiger partial charge in [0.25, 0.3) is 0 Å². The quantitative estimate of drug-likeness (QED) is 0.588. The minimum absolute atomic E-state index is 0.0265. The van der Waals surface area contributed by atoms with E-state index < -0.39 is 15.9 Å². The summed E-state index contributed by atoms with van der Waals surface area (Å²) in [6.45, 7) is 5.12. The van der Waals surface area contributed by atoms with Gasteiger partial charge in [-0.25, -0.2) is 8.42 Å². The summed E-state index contributed by atoms with van der Waals surface area (Å²) in [5.74, 6) is 0.881. The van der Waals surface area contributed by atoms with Crippen LogP contribution in [0.15, 0.2) is 71.6 Å². The summed E-state index contributed by atoms with van der Waals surface area (Å²) in [6.07, 6.45) is 0. The zero-order valence-electron chi connectivity index (χ0n) is 18.7. The van der Waals surface area contributed by atoms with Gasteiger partial charge in [-0.15, -0.1) is 0 Å². The molecule has 0 radical (unpaired) electrons. The molecule has 2 aliphatic heterocycles. The zero-order valence-corrected chi connectivity index (χ0v) is 19.5. The van der Waals surface area contributed by atoms with Crippen LogP contribution in [0.2, 0.25) is 0 Å². The maximum atomic E-state index is 13.7. The van der Waals surface area contributed by atoms with E-state index in [9.17, 15) is 13.2 Å². The Hall–Kier alpha value is -3.16. The first kappa shape index (κ1) is 21.7. The van der Waals surface area contributed by atoms with Crippen LogP contribution < -0.4 is 4.74 Å². The Morgan fingerprint density at radius 1 is 0.818 bits per heavy atom. The molecule has 1 fully saturated rings. The van der Waals surface area contributed by atoms with Gasteiger partial charge in [0.2, 0.25) is 15.9 Å². The number of benzene rings is 3. The number of para-hydroxylation sites is 2. The number of sulfonamides is 1. The van der Waals surface area contributed by atoms with Gasteiger partial charge in [-0.1, -0.05) is 42.5 Å². The van der Waals surface area contributed by atoms with Crippen molar-refractivity contribution < 1.29 is 17.9 Å². The largest absolute Gasteiger partial charge is 0.457 e. The molecule has 0 aromatic heterocycles. The summed E-state index contributed by atoms with van der Waals surface area (Å²) in [4.78, 5) is 15.8. The van der Waals surface area contributed by atoms with E-state index in [1.54, 1.807) is 17.0 Å². The topological polar surface area (TPSA) is 66.9 Å². The summed E-state index contributed by atoms with van der Waals surface area (Å²) >= 11 is 0. The van der Waals surface area contributed by atoms with Crippen LogP contribution in [0, 0.1) is 13.8 Å². The monoisotopic (exact) mass is 462 g/mol. The van der Waals surface area contributed by atoms with Crippen molar-refractivity contribution >= 4 is 15.9 Å². The molecular weight excluding hydrogens is 436 g/mol. The van der Waals surface area contributed by atoms with Crippen molar-refractivity contribution in [2.24, 2.45) is 0 Å². The highest BCUT2D eigenvalue weighted by Gasteiger charge is 2.37. The van der Waals surface area contributed by atoms with Gasteiger partial charge in [-0.05, 0) is 49.2 Å². The van der Waals surface area contributed by atoms with E-state index in [-0.39, 0.29) is 19.0 Å². The van der Waals surface area contributed by atoms with Crippen molar-refractivity contribution in [2.45, 2.75) is 24.7 Å². The lowest BCUT2D eigenvalue weighted by Crippen LogP contribution is -2.51. The number of fused-ring (bicyclic) bond motifs is 2. The predicted octanol–water partition coefficient (Wildman–Crippen LogP) is 4.07. The lowest BCUT2D eigenvalue weighted by Gasteiger charge is -2.37. The van der Waals surface area contributed by atoms with Crippen LogP contribution >= 0.6 is 0 Å². The number of carbonyl (C=O) groups excluding carboxylic acids is 1. The average molecular weight is 463 g/mol. The van der Waals surface area contributed by atoms with E-state index in [0.29, 0.717) is 29.5 Å². The van der Waals surface area contributed by atoms with Crippen LogP contribution in [0.25, 0.3) is 0 Å². The van der Waals surface area contributed by atoms with Crippen molar-refractivity contribution in [3.8, 4) is 11.5 Å². The molecule has 0 atom stereocenters. The number of amides is 1. The van der Waals surface area contributed by atoms with Crippen LogP contribution in [0.5, 0.6) is 11.5 Å². The van der Waals surface area contributed by atoms with Gasteiger partial charge in [-0.2, -0.15) is 4.31 Å². The first-order valence-electron chi connectivity index (χ1n) is 11.1. The number of rotatable bonds is 3. The standard InChI is InChI=1S/C26H26N2O4S/c1-18-11-12-20(17-19(18)2)33(30,31)28-15-13-27(14-16-28)26(29)25-21-7-3-5-9-23(21)32-24-10-6-4-8-22(24)25/h3-12,17,25H,13-16H2,1-2H3. The predicted molar refractivity (Wildman–Crippen MR) is 126 cm³/mol. The van der Waals surface area contributed by atoms with Gasteiger partial charge < -0.3 is 9.64 Å². The van der Waals surface area contributed by atoms with Crippen LogP contribution in [-0.2, 0) is 14.8 Å². The molecule has 3 aromatic rings. The molecule has 0 bridgehead atoms. The minimum atomic E-state index is -3.60. The van der Waals surface area contributed by atoms with Crippen LogP contribution in [-0.4, -0.2) is 49.7 Å². The number of carbonyl (C=O) groups is 1. The normalized spacial score (nSPS) is 16.6. The molecule has 1 saturated heterocycles. The highest BCUT2D eigenvalue weighted by molar-refractivity contribution is 7.89. The second kappa shape index (κ2) is 8.32. The first-order valence-corrected chi connectivity index (χ1v) is 12.5. The Bertz CT molecular complexity index is 1280. The first-order chi connectivity index (χ1) is 15.9. The van der Waals surface area contributed by atoms with Crippen molar-refractivity contribution in [1.29, 1.82) is 0 Å². The van der Waals surface area contributed by atoms with Gasteiger partial charge in [0, 0.05) is 37.3 Å². The van der Waals surface area contributed by atoms with Crippen molar-refractivity contribution in [3.63, 3.8) is 0 Å². The molecule has 0 unspecified atom stereocenters. The molecule has 2 heterocycles. The van der Waals surface area contributed by atoms with E-state index in [1.807, 2.05) is 68.4 Å². The third-order valence-electron chi connectivity index (χ3n) is 6.59. The lowest BCUT2D eigenvalue weighted by atomic mass is 9.86. The maximum absolute atomic E-state index is 13.7. The molecule has 0 spiro atoms. The fourth-order valence-electron chi connectivity index (χ4n) is 4.53. The molecule has 7 heteroatoms. The Morgan fingerprint density at radius 2 is 1.39 bits per heavy atom. The van der Waals surface area contributed by atoms with E-state index in [4.69, 9.17) is 4.74 Å². The molecule has 6 nitrogen and oxygen atoms in total.